The minimum Gasteiger partial charge on any atom is -0.405 e. The summed E-state index contributed by atoms with van der Waals surface area (Å²) >= 11 is 5.72. The maximum atomic E-state index is 5.72. The quantitative estimate of drug-likeness (QED) is 0.580. The molecule has 13 heavy (non-hydrogen) atoms. The first-order valence-corrected chi connectivity index (χ1v) is 4.60. The Kier molecular flexibility index (Phi) is 4.13. The van der Waals surface area contributed by atoms with Crippen molar-refractivity contribution in [3.63, 3.8) is 0 Å². The molecule has 1 aromatic carbocycles. The summed E-state index contributed by atoms with van der Waals surface area (Å²) in [5, 5.41) is 0. The predicted octanol–water partition coefficient (Wildman–Crippen LogP) is 2.78. The lowest BCUT2D eigenvalue weighted by atomic mass is 10.1. The molecule has 0 aliphatic carbocycles. The van der Waals surface area contributed by atoms with Crippen LogP contribution in [0.5, 0.6) is 0 Å². The second-order valence-corrected chi connectivity index (χ2v) is 2.89. The second-order valence-electron chi connectivity index (χ2n) is 2.62. The molecule has 1 aromatic rings. The maximum Gasteiger partial charge on any atom is 0.0474 e. The van der Waals surface area contributed by atoms with Gasteiger partial charge in [-0.05, 0) is 23.4 Å². The summed E-state index contributed by atoms with van der Waals surface area (Å²) in [6.45, 7) is 0. The van der Waals surface area contributed by atoms with E-state index in [1.165, 1.54) is 6.20 Å². The Labute approximate surface area is 83.5 Å². The van der Waals surface area contributed by atoms with Gasteiger partial charge in [-0.3, -0.25) is 0 Å². The Morgan fingerprint density at radius 3 is 2.54 bits per heavy atom. The molecule has 0 unspecified atom stereocenters. The van der Waals surface area contributed by atoms with Gasteiger partial charge in [-0.25, -0.2) is 0 Å². The highest BCUT2D eigenvalue weighted by molar-refractivity contribution is 6.20. The van der Waals surface area contributed by atoms with E-state index in [0.29, 0.717) is 5.88 Å². The number of alkyl halides is 1. The lowest BCUT2D eigenvalue weighted by molar-refractivity contribution is 1.50. The highest BCUT2D eigenvalue weighted by Gasteiger charge is 1.90. The van der Waals surface area contributed by atoms with Crippen LogP contribution in [0.15, 0.2) is 48.2 Å². The lowest BCUT2D eigenvalue weighted by Gasteiger charge is -1.96. The largest absolute Gasteiger partial charge is 0.405 e. The van der Waals surface area contributed by atoms with Crippen LogP contribution in [0.1, 0.15) is 5.56 Å². The molecule has 0 aliphatic heterocycles. The van der Waals surface area contributed by atoms with Crippen molar-refractivity contribution in [2.24, 2.45) is 5.73 Å². The van der Waals surface area contributed by atoms with Gasteiger partial charge in [-0.15, -0.1) is 11.6 Å². The van der Waals surface area contributed by atoms with E-state index in [1.807, 2.05) is 36.4 Å². The van der Waals surface area contributed by atoms with Crippen LogP contribution in [0.3, 0.4) is 0 Å². The molecule has 0 fully saturated rings. The summed E-state index contributed by atoms with van der Waals surface area (Å²) < 4.78 is 0. The molecule has 0 radical (unpaired) electrons. The molecule has 2 heteroatoms. The fraction of sp³-hybridized carbons (Fsp3) is 0.0909. The topological polar surface area (TPSA) is 26.0 Å². The third kappa shape index (κ3) is 3.34. The van der Waals surface area contributed by atoms with Gasteiger partial charge in [0.05, 0.1) is 0 Å². The Bertz CT molecular complexity index is 301. The zero-order valence-corrected chi connectivity index (χ0v) is 8.04. The van der Waals surface area contributed by atoms with Gasteiger partial charge < -0.3 is 5.73 Å². The van der Waals surface area contributed by atoms with E-state index < -0.39 is 0 Å². The van der Waals surface area contributed by atoms with Crippen molar-refractivity contribution in [3.8, 4) is 0 Å². The molecule has 0 aromatic heterocycles. The first kappa shape index (κ1) is 9.87. The number of hydrogen-bond donors (Lipinski definition) is 1. The van der Waals surface area contributed by atoms with Crippen molar-refractivity contribution in [1.82, 2.24) is 0 Å². The van der Waals surface area contributed by atoms with Crippen LogP contribution in [-0.2, 0) is 0 Å². The SMILES string of the molecule is N/C=C\C(=C\c1ccccc1)CCl. The van der Waals surface area contributed by atoms with Crippen molar-refractivity contribution in [2.45, 2.75) is 0 Å². The number of nitrogens with two attached hydrogens (primary N) is 1. The summed E-state index contributed by atoms with van der Waals surface area (Å²) in [4.78, 5) is 0. The van der Waals surface area contributed by atoms with E-state index in [-0.39, 0.29) is 0 Å². The van der Waals surface area contributed by atoms with E-state index >= 15 is 0 Å². The highest BCUT2D eigenvalue weighted by Crippen LogP contribution is 2.08. The maximum absolute atomic E-state index is 5.72. The van der Waals surface area contributed by atoms with Crippen LogP contribution >= 0.6 is 11.6 Å². The van der Waals surface area contributed by atoms with Crippen LogP contribution in [0.2, 0.25) is 0 Å². The van der Waals surface area contributed by atoms with Gasteiger partial charge in [0.1, 0.15) is 0 Å². The second kappa shape index (κ2) is 5.44. The van der Waals surface area contributed by atoms with E-state index in [4.69, 9.17) is 17.3 Å². The smallest absolute Gasteiger partial charge is 0.0474 e. The summed E-state index contributed by atoms with van der Waals surface area (Å²) in [5.41, 5.74) is 7.42. The number of allylic oxidation sites excluding steroid dienone is 2. The van der Waals surface area contributed by atoms with Crippen molar-refractivity contribution < 1.29 is 0 Å². The minimum atomic E-state index is 0.475. The third-order valence-electron chi connectivity index (χ3n) is 1.62. The zero-order valence-electron chi connectivity index (χ0n) is 7.28. The van der Waals surface area contributed by atoms with Crippen LogP contribution in [0.4, 0.5) is 0 Å². The first-order chi connectivity index (χ1) is 6.36. The molecule has 1 rings (SSSR count). The number of benzene rings is 1. The van der Waals surface area contributed by atoms with Gasteiger partial charge in [0.2, 0.25) is 0 Å². The normalized spacial score (nSPS) is 12.2. The van der Waals surface area contributed by atoms with Crippen molar-refractivity contribution in [2.75, 3.05) is 5.88 Å². The van der Waals surface area contributed by atoms with Gasteiger partial charge in [0.15, 0.2) is 0 Å². The molecule has 0 saturated carbocycles. The Hall–Kier alpha value is -1.21. The molecule has 68 valence electrons. The molecular formula is C11H12ClN. The third-order valence-corrected chi connectivity index (χ3v) is 1.92. The van der Waals surface area contributed by atoms with Crippen LogP contribution < -0.4 is 5.73 Å². The summed E-state index contributed by atoms with van der Waals surface area (Å²) in [7, 11) is 0. The van der Waals surface area contributed by atoms with E-state index in [0.717, 1.165) is 11.1 Å². The number of rotatable bonds is 3. The fourth-order valence-electron chi connectivity index (χ4n) is 1.02. The Morgan fingerprint density at radius 2 is 2.00 bits per heavy atom. The molecular weight excluding hydrogens is 182 g/mol. The van der Waals surface area contributed by atoms with Crippen molar-refractivity contribution in [3.05, 3.63) is 53.7 Å². The molecule has 0 atom stereocenters. The van der Waals surface area contributed by atoms with Gasteiger partial charge in [0.25, 0.3) is 0 Å². The summed E-state index contributed by atoms with van der Waals surface area (Å²) in [5.74, 6) is 0.475. The molecule has 1 nitrogen and oxygen atoms in total. The van der Waals surface area contributed by atoms with Crippen molar-refractivity contribution in [1.29, 1.82) is 0 Å². The molecule has 0 aliphatic rings. The van der Waals surface area contributed by atoms with E-state index in [2.05, 4.69) is 0 Å². The standard InChI is InChI=1S/C11H12ClN/c12-9-11(6-7-13)8-10-4-2-1-3-5-10/h1-8H,9,13H2/b7-6-,11-8-. The predicted molar refractivity (Wildman–Crippen MR) is 58.5 cm³/mol. The average molecular weight is 194 g/mol. The van der Waals surface area contributed by atoms with Gasteiger partial charge in [-0.1, -0.05) is 36.4 Å². The molecule has 0 saturated heterocycles. The Morgan fingerprint density at radius 1 is 1.31 bits per heavy atom. The fourth-order valence-corrected chi connectivity index (χ4v) is 1.18. The average Bonchev–Trinajstić information content (AvgIpc) is 2.19. The molecule has 0 bridgehead atoms. The molecule has 0 heterocycles. The summed E-state index contributed by atoms with van der Waals surface area (Å²) in [6, 6.07) is 10.0. The highest BCUT2D eigenvalue weighted by atomic mass is 35.5. The van der Waals surface area contributed by atoms with Gasteiger partial charge >= 0.3 is 0 Å². The van der Waals surface area contributed by atoms with Crippen LogP contribution in [0.25, 0.3) is 6.08 Å². The monoisotopic (exact) mass is 193 g/mol. The molecule has 0 amide bonds. The lowest BCUT2D eigenvalue weighted by Crippen LogP contribution is -1.83. The zero-order chi connectivity index (χ0) is 9.52. The van der Waals surface area contributed by atoms with Gasteiger partial charge in [0, 0.05) is 5.88 Å². The van der Waals surface area contributed by atoms with Crippen molar-refractivity contribution >= 4 is 17.7 Å². The van der Waals surface area contributed by atoms with Crippen LogP contribution in [0, 0.1) is 0 Å². The molecule has 0 spiro atoms. The van der Waals surface area contributed by atoms with E-state index in [9.17, 15) is 0 Å². The number of halogens is 1. The number of hydrogen-bond acceptors (Lipinski definition) is 1. The van der Waals surface area contributed by atoms with Crippen LogP contribution in [-0.4, -0.2) is 5.88 Å². The molecule has 2 N–H and O–H groups in total. The van der Waals surface area contributed by atoms with E-state index in [1.54, 1.807) is 6.08 Å². The van der Waals surface area contributed by atoms with Gasteiger partial charge in [-0.2, -0.15) is 0 Å². The first-order valence-electron chi connectivity index (χ1n) is 4.06. The minimum absolute atomic E-state index is 0.475. The Balaban J connectivity index is 2.85. The summed E-state index contributed by atoms with van der Waals surface area (Å²) in [6.07, 6.45) is 5.31.